The lowest BCUT2D eigenvalue weighted by molar-refractivity contribution is 0.340. The zero-order valence-corrected chi connectivity index (χ0v) is 13.0. The van der Waals surface area contributed by atoms with E-state index in [4.69, 9.17) is 22.1 Å². The SMILES string of the molecule is CCOc1ccc(C(N)c2ccc(Cl)s2)c(Br)c1. The Morgan fingerprint density at radius 2 is 2.17 bits per heavy atom. The van der Waals surface area contributed by atoms with E-state index >= 15 is 0 Å². The van der Waals surface area contributed by atoms with Crippen LogP contribution >= 0.6 is 38.9 Å². The first-order chi connectivity index (χ1) is 8.61. The molecule has 1 heterocycles. The van der Waals surface area contributed by atoms with Crippen LogP contribution in [0.2, 0.25) is 4.34 Å². The minimum Gasteiger partial charge on any atom is -0.494 e. The maximum absolute atomic E-state index is 6.24. The van der Waals surface area contributed by atoms with E-state index in [2.05, 4.69) is 15.9 Å². The molecule has 0 amide bonds. The largest absolute Gasteiger partial charge is 0.494 e. The number of hydrogen-bond donors (Lipinski definition) is 1. The third-order valence-electron chi connectivity index (χ3n) is 2.52. The van der Waals surface area contributed by atoms with E-state index in [0.29, 0.717) is 6.61 Å². The molecule has 0 saturated carbocycles. The number of halogens is 2. The Morgan fingerprint density at radius 3 is 2.72 bits per heavy atom. The van der Waals surface area contributed by atoms with Crippen molar-refractivity contribution in [2.24, 2.45) is 5.73 Å². The van der Waals surface area contributed by atoms with Crippen molar-refractivity contribution in [2.75, 3.05) is 6.61 Å². The quantitative estimate of drug-likeness (QED) is 0.877. The van der Waals surface area contributed by atoms with Gasteiger partial charge in [-0.3, -0.25) is 0 Å². The van der Waals surface area contributed by atoms with Crippen LogP contribution in [0, 0.1) is 0 Å². The highest BCUT2D eigenvalue weighted by Gasteiger charge is 2.14. The molecule has 2 aromatic rings. The highest BCUT2D eigenvalue weighted by atomic mass is 79.9. The molecule has 1 aromatic heterocycles. The number of rotatable bonds is 4. The summed E-state index contributed by atoms with van der Waals surface area (Å²) in [5.41, 5.74) is 7.26. The molecule has 0 fully saturated rings. The summed E-state index contributed by atoms with van der Waals surface area (Å²) in [7, 11) is 0. The second-order valence-corrected chi connectivity index (χ2v) is 6.34. The third-order valence-corrected chi connectivity index (χ3v) is 4.52. The van der Waals surface area contributed by atoms with E-state index < -0.39 is 0 Å². The molecule has 2 rings (SSSR count). The third kappa shape index (κ3) is 3.06. The molecule has 0 aliphatic heterocycles. The average molecular weight is 347 g/mol. The zero-order chi connectivity index (χ0) is 13.1. The topological polar surface area (TPSA) is 35.2 Å². The number of ether oxygens (including phenoxy) is 1. The molecule has 0 bridgehead atoms. The van der Waals surface area contributed by atoms with Crippen LogP contribution < -0.4 is 10.5 Å². The van der Waals surface area contributed by atoms with Gasteiger partial charge in [-0.2, -0.15) is 0 Å². The van der Waals surface area contributed by atoms with E-state index in [1.165, 1.54) is 11.3 Å². The van der Waals surface area contributed by atoms with Gasteiger partial charge in [0.15, 0.2) is 0 Å². The van der Waals surface area contributed by atoms with Crippen molar-refractivity contribution in [1.82, 2.24) is 0 Å². The van der Waals surface area contributed by atoms with Gasteiger partial charge in [-0.15, -0.1) is 11.3 Å². The van der Waals surface area contributed by atoms with Gasteiger partial charge in [-0.1, -0.05) is 33.6 Å². The Morgan fingerprint density at radius 1 is 1.39 bits per heavy atom. The normalized spacial score (nSPS) is 12.4. The second-order valence-electron chi connectivity index (χ2n) is 3.74. The molecule has 0 aliphatic rings. The molecule has 0 saturated heterocycles. The van der Waals surface area contributed by atoms with Crippen LogP contribution in [0.5, 0.6) is 5.75 Å². The summed E-state index contributed by atoms with van der Waals surface area (Å²) < 4.78 is 7.14. The lowest BCUT2D eigenvalue weighted by Crippen LogP contribution is -2.10. The lowest BCUT2D eigenvalue weighted by atomic mass is 10.1. The first-order valence-electron chi connectivity index (χ1n) is 5.55. The van der Waals surface area contributed by atoms with Crippen LogP contribution in [0.25, 0.3) is 0 Å². The van der Waals surface area contributed by atoms with Gasteiger partial charge >= 0.3 is 0 Å². The smallest absolute Gasteiger partial charge is 0.120 e. The maximum Gasteiger partial charge on any atom is 0.120 e. The van der Waals surface area contributed by atoms with Crippen molar-refractivity contribution < 1.29 is 4.74 Å². The van der Waals surface area contributed by atoms with Gasteiger partial charge in [0.05, 0.1) is 17.0 Å². The zero-order valence-electron chi connectivity index (χ0n) is 9.82. The first-order valence-corrected chi connectivity index (χ1v) is 7.53. The fourth-order valence-electron chi connectivity index (χ4n) is 1.67. The molecule has 1 aromatic carbocycles. The summed E-state index contributed by atoms with van der Waals surface area (Å²) in [5, 5.41) is 0. The van der Waals surface area contributed by atoms with Crippen molar-refractivity contribution in [3.63, 3.8) is 0 Å². The van der Waals surface area contributed by atoms with Crippen molar-refractivity contribution in [3.05, 3.63) is 49.6 Å². The molecule has 2 N–H and O–H groups in total. The number of benzene rings is 1. The van der Waals surface area contributed by atoms with Crippen molar-refractivity contribution in [3.8, 4) is 5.75 Å². The van der Waals surface area contributed by atoms with Crippen LogP contribution in [0.4, 0.5) is 0 Å². The Labute approximate surface area is 124 Å². The predicted molar refractivity (Wildman–Crippen MR) is 80.7 cm³/mol. The lowest BCUT2D eigenvalue weighted by Gasteiger charge is -2.13. The van der Waals surface area contributed by atoms with E-state index in [1.54, 1.807) is 0 Å². The average Bonchev–Trinajstić information content (AvgIpc) is 2.76. The monoisotopic (exact) mass is 345 g/mol. The van der Waals surface area contributed by atoms with E-state index in [-0.39, 0.29) is 6.04 Å². The first kappa shape index (κ1) is 13.9. The van der Waals surface area contributed by atoms with E-state index in [9.17, 15) is 0 Å². The van der Waals surface area contributed by atoms with Crippen LogP contribution in [0.1, 0.15) is 23.4 Å². The molecular weight excluding hydrogens is 334 g/mol. The maximum atomic E-state index is 6.24. The summed E-state index contributed by atoms with van der Waals surface area (Å²) in [5.74, 6) is 0.838. The van der Waals surface area contributed by atoms with Gasteiger partial charge in [0.2, 0.25) is 0 Å². The van der Waals surface area contributed by atoms with Crippen molar-refractivity contribution >= 4 is 38.9 Å². The summed E-state index contributed by atoms with van der Waals surface area (Å²) in [4.78, 5) is 1.05. The van der Waals surface area contributed by atoms with Gasteiger partial charge in [0.1, 0.15) is 5.75 Å². The molecule has 96 valence electrons. The van der Waals surface area contributed by atoms with Crippen LogP contribution in [0.3, 0.4) is 0 Å². The molecular formula is C13H13BrClNOS. The van der Waals surface area contributed by atoms with Gasteiger partial charge < -0.3 is 10.5 Å². The van der Waals surface area contributed by atoms with Gasteiger partial charge in [0, 0.05) is 9.35 Å². The Balaban J connectivity index is 2.28. The minimum absolute atomic E-state index is 0.174. The highest BCUT2D eigenvalue weighted by molar-refractivity contribution is 9.10. The molecule has 2 nitrogen and oxygen atoms in total. The fourth-order valence-corrected chi connectivity index (χ4v) is 3.35. The van der Waals surface area contributed by atoms with Gasteiger partial charge in [-0.25, -0.2) is 0 Å². The molecule has 1 unspecified atom stereocenters. The summed E-state index contributed by atoms with van der Waals surface area (Å²) >= 11 is 11.0. The number of thiophene rings is 1. The predicted octanol–water partition coefficient (Wildman–Crippen LogP) is 4.61. The second kappa shape index (κ2) is 6.06. The summed E-state index contributed by atoms with van der Waals surface area (Å²) in [6, 6.07) is 9.50. The van der Waals surface area contributed by atoms with E-state index in [1.807, 2.05) is 37.3 Å². The van der Waals surface area contributed by atoms with Crippen molar-refractivity contribution in [2.45, 2.75) is 13.0 Å². The molecule has 0 aliphatic carbocycles. The highest BCUT2D eigenvalue weighted by Crippen LogP contribution is 2.34. The van der Waals surface area contributed by atoms with Gasteiger partial charge in [0.25, 0.3) is 0 Å². The Kier molecular flexibility index (Phi) is 4.67. The number of nitrogens with two attached hydrogens (primary N) is 1. The van der Waals surface area contributed by atoms with Crippen LogP contribution in [-0.2, 0) is 0 Å². The van der Waals surface area contributed by atoms with E-state index in [0.717, 1.165) is 25.0 Å². The van der Waals surface area contributed by atoms with Crippen LogP contribution in [-0.4, -0.2) is 6.61 Å². The molecule has 1 atom stereocenters. The van der Waals surface area contributed by atoms with Crippen LogP contribution in [0.15, 0.2) is 34.8 Å². The fraction of sp³-hybridized carbons (Fsp3) is 0.231. The van der Waals surface area contributed by atoms with Gasteiger partial charge in [-0.05, 0) is 36.8 Å². The molecule has 0 radical (unpaired) electrons. The van der Waals surface area contributed by atoms with Crippen molar-refractivity contribution in [1.29, 1.82) is 0 Å². The summed E-state index contributed by atoms with van der Waals surface area (Å²) in [6.07, 6.45) is 0. The number of hydrogen-bond acceptors (Lipinski definition) is 3. The Bertz CT molecular complexity index is 544. The molecule has 0 spiro atoms. The summed E-state index contributed by atoms with van der Waals surface area (Å²) in [6.45, 7) is 2.61. The molecule has 5 heteroatoms. The Hall–Kier alpha value is -0.550. The minimum atomic E-state index is -0.174. The molecule has 18 heavy (non-hydrogen) atoms. The standard InChI is InChI=1S/C13H13BrClNOS/c1-2-17-8-3-4-9(10(14)7-8)13(16)11-5-6-12(15)18-11/h3-7,13H,2,16H2,1H3.